The van der Waals surface area contributed by atoms with Crippen molar-refractivity contribution in [1.29, 1.82) is 0 Å². The molecule has 0 N–H and O–H groups in total. The minimum Gasteiger partial charge on any atom is -0.197 e. The number of aryl methyl sites for hydroxylation is 1. The average molecular weight is 407 g/mol. The molecule has 0 radical (unpaired) electrons. The second kappa shape index (κ2) is 8.32. The van der Waals surface area contributed by atoms with Crippen molar-refractivity contribution < 1.29 is 25.8 Å². The zero-order valence-corrected chi connectivity index (χ0v) is 13.7. The molecular formula is C12H13Cl2Hf-. The van der Waals surface area contributed by atoms with Crippen molar-refractivity contribution in [2.24, 2.45) is 0 Å². The molecule has 0 amide bonds. The predicted molar refractivity (Wildman–Crippen MR) is 66.1 cm³/mol. The first-order chi connectivity index (χ1) is 5.86. The molecule has 15 heavy (non-hydrogen) atoms. The molecule has 0 aromatic heterocycles. The number of halogens is 2. The van der Waals surface area contributed by atoms with Crippen LogP contribution in [0.15, 0.2) is 36.4 Å². The Balaban J connectivity index is 0. The molecule has 80 valence electrons. The van der Waals surface area contributed by atoms with Crippen molar-refractivity contribution in [3.63, 3.8) is 0 Å². The van der Waals surface area contributed by atoms with Crippen LogP contribution in [0.1, 0.15) is 17.5 Å². The molecule has 0 fully saturated rings. The van der Waals surface area contributed by atoms with Crippen LogP contribution < -0.4 is 0 Å². The van der Waals surface area contributed by atoms with Crippen LogP contribution >= 0.6 is 24.8 Å². The van der Waals surface area contributed by atoms with Crippen LogP contribution in [-0.2, 0) is 25.8 Å². The molecule has 2 rings (SSSR count). The van der Waals surface area contributed by atoms with Gasteiger partial charge in [0.25, 0.3) is 0 Å². The van der Waals surface area contributed by atoms with Gasteiger partial charge in [0.05, 0.1) is 0 Å². The Morgan fingerprint density at radius 3 is 2.47 bits per heavy atom. The van der Waals surface area contributed by atoms with Gasteiger partial charge in [-0.25, -0.2) is 0 Å². The van der Waals surface area contributed by atoms with E-state index in [0.717, 1.165) is 6.42 Å². The van der Waals surface area contributed by atoms with E-state index in [0.29, 0.717) is 0 Å². The van der Waals surface area contributed by atoms with Gasteiger partial charge >= 0.3 is 0 Å². The third-order valence-electron chi connectivity index (χ3n) is 2.02. The third kappa shape index (κ3) is 4.67. The molecule has 0 nitrogen and oxygen atoms in total. The van der Waals surface area contributed by atoms with Crippen molar-refractivity contribution >= 4 is 30.4 Å². The van der Waals surface area contributed by atoms with Gasteiger partial charge in [0.2, 0.25) is 0 Å². The first-order valence-corrected chi connectivity index (χ1v) is 4.21. The molecule has 0 unspecified atom stereocenters. The summed E-state index contributed by atoms with van der Waals surface area (Å²) < 4.78 is 0. The fraction of sp³-hybridized carbons (Fsp3) is 0.167. The van der Waals surface area contributed by atoms with E-state index in [2.05, 4.69) is 49.4 Å². The normalized spacial score (nSPS) is 11.9. The van der Waals surface area contributed by atoms with E-state index in [9.17, 15) is 0 Å². The van der Waals surface area contributed by atoms with Crippen molar-refractivity contribution in [1.82, 2.24) is 0 Å². The maximum absolute atomic E-state index is 3.31. The van der Waals surface area contributed by atoms with Gasteiger partial charge in [0.15, 0.2) is 0 Å². The molecule has 0 saturated carbocycles. The molecule has 0 atom stereocenters. The summed E-state index contributed by atoms with van der Waals surface area (Å²) in [5, 5.41) is 0. The molecule has 0 heterocycles. The monoisotopic (exact) mass is 407 g/mol. The van der Waals surface area contributed by atoms with Gasteiger partial charge < -0.3 is 0 Å². The Morgan fingerprint density at radius 2 is 1.93 bits per heavy atom. The molecule has 0 aliphatic heterocycles. The van der Waals surface area contributed by atoms with Crippen LogP contribution in [0.4, 0.5) is 0 Å². The van der Waals surface area contributed by atoms with Gasteiger partial charge in [-0.1, -0.05) is 24.1 Å². The molecular weight excluding hydrogens is 394 g/mol. The number of benzene rings is 1. The van der Waals surface area contributed by atoms with Gasteiger partial charge in [-0.3, -0.25) is 0 Å². The first-order valence-electron chi connectivity index (χ1n) is 4.21. The maximum Gasteiger partial charge on any atom is 0 e. The quantitative estimate of drug-likeness (QED) is 0.489. The Labute approximate surface area is 122 Å². The summed E-state index contributed by atoms with van der Waals surface area (Å²) in [5.41, 5.74) is 3.82. The van der Waals surface area contributed by atoms with Crippen LogP contribution in [0.3, 0.4) is 0 Å². The maximum atomic E-state index is 3.31. The van der Waals surface area contributed by atoms with Gasteiger partial charge in [0.1, 0.15) is 0 Å². The van der Waals surface area contributed by atoms with Crippen LogP contribution in [-0.4, -0.2) is 0 Å². The van der Waals surface area contributed by atoms with E-state index in [-0.39, 0.29) is 50.7 Å². The second-order valence-electron chi connectivity index (χ2n) is 3.07. The van der Waals surface area contributed by atoms with Gasteiger partial charge in [-0.05, 0) is 6.92 Å². The van der Waals surface area contributed by atoms with Gasteiger partial charge in [0, 0.05) is 25.8 Å². The largest absolute Gasteiger partial charge is 0.197 e. The molecule has 1 aliphatic carbocycles. The van der Waals surface area contributed by atoms with Crippen molar-refractivity contribution in [2.75, 3.05) is 0 Å². The van der Waals surface area contributed by atoms with Crippen LogP contribution in [0.5, 0.6) is 0 Å². The second-order valence-corrected chi connectivity index (χ2v) is 3.07. The summed E-state index contributed by atoms with van der Waals surface area (Å²) in [4.78, 5) is 0. The smallest absolute Gasteiger partial charge is 0 e. The SMILES string of the molecule is Cc1cccc(C2=[C-]CC=C2)c1.Cl.Cl.[Hf]. The molecule has 0 saturated heterocycles. The summed E-state index contributed by atoms with van der Waals surface area (Å²) in [6.07, 6.45) is 8.54. The van der Waals surface area contributed by atoms with Crippen molar-refractivity contribution in [3.05, 3.63) is 53.6 Å². The zero-order chi connectivity index (χ0) is 8.39. The van der Waals surface area contributed by atoms with E-state index in [1.165, 1.54) is 16.7 Å². The number of hydrogen-bond donors (Lipinski definition) is 0. The fourth-order valence-electron chi connectivity index (χ4n) is 1.42. The van der Waals surface area contributed by atoms with E-state index in [4.69, 9.17) is 0 Å². The molecule has 1 aliphatic rings. The summed E-state index contributed by atoms with van der Waals surface area (Å²) in [6, 6.07) is 8.53. The predicted octanol–water partition coefficient (Wildman–Crippen LogP) is 3.98. The minimum absolute atomic E-state index is 0. The average Bonchev–Trinajstić information content (AvgIpc) is 2.56. The summed E-state index contributed by atoms with van der Waals surface area (Å²) in [6.45, 7) is 2.11. The summed E-state index contributed by atoms with van der Waals surface area (Å²) >= 11 is 0. The molecule has 1 aromatic carbocycles. The Kier molecular flexibility index (Phi) is 9.73. The number of rotatable bonds is 1. The summed E-state index contributed by atoms with van der Waals surface area (Å²) in [5.74, 6) is 0. The molecule has 3 heteroatoms. The van der Waals surface area contributed by atoms with Crippen LogP contribution in [0, 0.1) is 13.0 Å². The Morgan fingerprint density at radius 1 is 1.20 bits per heavy atom. The van der Waals surface area contributed by atoms with Gasteiger partial charge in [-0.15, -0.1) is 48.6 Å². The number of allylic oxidation sites excluding steroid dienone is 4. The topological polar surface area (TPSA) is 0 Å². The first kappa shape index (κ1) is 17.5. The number of hydrogen-bond acceptors (Lipinski definition) is 0. The van der Waals surface area contributed by atoms with Crippen LogP contribution in [0.25, 0.3) is 5.57 Å². The zero-order valence-electron chi connectivity index (χ0n) is 8.49. The van der Waals surface area contributed by atoms with E-state index >= 15 is 0 Å². The summed E-state index contributed by atoms with van der Waals surface area (Å²) in [7, 11) is 0. The fourth-order valence-corrected chi connectivity index (χ4v) is 1.42. The van der Waals surface area contributed by atoms with Crippen molar-refractivity contribution in [2.45, 2.75) is 13.3 Å². The standard InChI is InChI=1S/C12H11.2ClH.Hf/c1-10-5-4-8-12(9-10)11-6-2-3-7-11;;;/h2,4-6,8-9H,3H2,1H3;2*1H;/q-1;;;. The Hall–Kier alpha value is 0.150. The molecule has 1 aromatic rings. The van der Waals surface area contributed by atoms with Crippen LogP contribution in [0.2, 0.25) is 0 Å². The van der Waals surface area contributed by atoms with E-state index in [1.807, 2.05) is 0 Å². The van der Waals surface area contributed by atoms with E-state index in [1.54, 1.807) is 0 Å². The van der Waals surface area contributed by atoms with Crippen molar-refractivity contribution in [3.8, 4) is 0 Å². The third-order valence-corrected chi connectivity index (χ3v) is 2.02. The van der Waals surface area contributed by atoms with E-state index < -0.39 is 0 Å². The molecule has 0 bridgehead atoms. The van der Waals surface area contributed by atoms with Gasteiger partial charge in [-0.2, -0.15) is 17.7 Å². The molecule has 0 spiro atoms. The Bertz CT molecular complexity index is 356. The minimum atomic E-state index is 0.